The van der Waals surface area contributed by atoms with Gasteiger partial charge in [-0.05, 0) is 6.42 Å². The van der Waals surface area contributed by atoms with E-state index in [9.17, 15) is 14.6 Å². The van der Waals surface area contributed by atoms with Gasteiger partial charge in [0.25, 0.3) is 0 Å². The molecule has 1 amide bonds. The van der Waals surface area contributed by atoms with E-state index in [0.29, 0.717) is 25.9 Å². The van der Waals surface area contributed by atoms with Gasteiger partial charge in [-0.15, -0.1) is 0 Å². The molecule has 0 atom stereocenters. The maximum absolute atomic E-state index is 12.0. The summed E-state index contributed by atoms with van der Waals surface area (Å²) in [6, 6.07) is 0. The third-order valence-electron chi connectivity index (χ3n) is 4.28. The Balaban J connectivity index is 4.45. The molecule has 4 N–H and O–H groups in total. The average molecular weight is 449 g/mol. The Hall–Kier alpha value is 0.01000. The molecule has 0 fully saturated rings. The van der Waals surface area contributed by atoms with Crippen LogP contribution >= 0.6 is 15.9 Å². The zero-order valence-corrected chi connectivity index (χ0v) is 20.0. The maximum atomic E-state index is 12.0. The van der Waals surface area contributed by atoms with Crippen molar-refractivity contribution in [3.8, 4) is 0 Å². The third-order valence-corrected chi connectivity index (χ3v) is 8.53. The van der Waals surface area contributed by atoms with E-state index in [1.807, 2.05) is 0 Å². The molecule has 0 unspecified atom stereocenters. The number of nitrogens with one attached hydrogen (secondary N) is 2. The van der Waals surface area contributed by atoms with E-state index in [1.54, 1.807) is 4.90 Å². The van der Waals surface area contributed by atoms with Crippen molar-refractivity contribution in [3.05, 3.63) is 0 Å². The van der Waals surface area contributed by atoms with Crippen molar-refractivity contribution < 1.29 is 32.7 Å². The molecular weight excluding hydrogens is 408 g/mol. The molecule has 0 radical (unpaired) electrons. The fourth-order valence-electron chi connectivity index (χ4n) is 2.50. The number of hydrogen-bond donors (Lipinski definition) is 4. The molecular formula is C16H41N3O7P2. The molecule has 0 aromatic rings. The Labute approximate surface area is 170 Å². The van der Waals surface area contributed by atoms with Gasteiger partial charge >= 0.3 is 156 Å². The van der Waals surface area contributed by atoms with E-state index >= 15 is 0 Å². The van der Waals surface area contributed by atoms with E-state index in [1.165, 1.54) is 28.4 Å². The normalized spacial score (nSPS) is 13.7. The Kier molecular flexibility index (Phi) is 15.8. The van der Waals surface area contributed by atoms with Gasteiger partial charge < -0.3 is 0 Å². The second-order valence-corrected chi connectivity index (χ2v) is 11.6. The van der Waals surface area contributed by atoms with Crippen LogP contribution in [-0.2, 0) is 22.9 Å². The van der Waals surface area contributed by atoms with Crippen LogP contribution in [0.3, 0.4) is 0 Å². The van der Waals surface area contributed by atoms with Gasteiger partial charge in [-0.1, -0.05) is 6.92 Å². The van der Waals surface area contributed by atoms with Crippen molar-refractivity contribution in [2.45, 2.75) is 32.6 Å². The Morgan fingerprint density at radius 3 is 1.89 bits per heavy atom. The molecule has 0 aliphatic carbocycles. The SMILES string of the molecule is CCCNCCCNC(=O)CCCN(C[PH](O)(OC)OC)C[PH](O)(OC)OC. The zero-order valence-electron chi connectivity index (χ0n) is 18.0. The van der Waals surface area contributed by atoms with Gasteiger partial charge in [-0.2, -0.15) is 0 Å². The first-order chi connectivity index (χ1) is 13.3. The summed E-state index contributed by atoms with van der Waals surface area (Å²) in [5.41, 5.74) is 0. The second kappa shape index (κ2) is 15.8. The summed E-state index contributed by atoms with van der Waals surface area (Å²) in [5.74, 6) is -0.0209. The Bertz CT molecular complexity index is 394. The van der Waals surface area contributed by atoms with Crippen LogP contribution in [-0.4, -0.2) is 87.8 Å². The molecule has 0 spiro atoms. The summed E-state index contributed by atoms with van der Waals surface area (Å²) in [5, 5.41) is 6.18. The number of amides is 1. The van der Waals surface area contributed by atoms with Crippen molar-refractivity contribution in [1.82, 2.24) is 15.5 Å². The van der Waals surface area contributed by atoms with E-state index in [-0.39, 0.29) is 18.5 Å². The summed E-state index contributed by atoms with van der Waals surface area (Å²) in [7, 11) is -1.24. The van der Waals surface area contributed by atoms with Crippen LogP contribution in [0.1, 0.15) is 32.6 Å². The van der Waals surface area contributed by atoms with Gasteiger partial charge in [0, 0.05) is 0 Å². The van der Waals surface area contributed by atoms with Crippen LogP contribution in [0, 0.1) is 0 Å². The van der Waals surface area contributed by atoms with Crippen LogP contribution in [0.25, 0.3) is 0 Å². The van der Waals surface area contributed by atoms with Crippen molar-refractivity contribution in [1.29, 1.82) is 0 Å². The summed E-state index contributed by atoms with van der Waals surface area (Å²) in [6.07, 6.45) is 3.09. The minimum absolute atomic E-state index is 0.0209. The molecule has 10 nitrogen and oxygen atoms in total. The van der Waals surface area contributed by atoms with Crippen LogP contribution in [0.2, 0.25) is 0 Å². The minimum atomic E-state index is -3.38. The van der Waals surface area contributed by atoms with Crippen molar-refractivity contribution in [2.24, 2.45) is 0 Å². The quantitative estimate of drug-likeness (QED) is 0.180. The van der Waals surface area contributed by atoms with Gasteiger partial charge in [-0.25, -0.2) is 0 Å². The van der Waals surface area contributed by atoms with Crippen LogP contribution in [0.4, 0.5) is 0 Å². The predicted octanol–water partition coefficient (Wildman–Crippen LogP) is 1.05. The van der Waals surface area contributed by atoms with E-state index < -0.39 is 15.9 Å². The monoisotopic (exact) mass is 449 g/mol. The molecule has 0 aromatic heterocycles. The van der Waals surface area contributed by atoms with Crippen molar-refractivity contribution >= 4 is 21.8 Å². The summed E-state index contributed by atoms with van der Waals surface area (Å²) < 4.78 is 20.5. The number of carbonyl (C=O) groups excluding carboxylic acids is 1. The first-order valence-corrected chi connectivity index (χ1v) is 13.6. The molecule has 0 saturated heterocycles. The summed E-state index contributed by atoms with van der Waals surface area (Å²) >= 11 is 0. The van der Waals surface area contributed by atoms with E-state index in [0.717, 1.165) is 25.9 Å². The summed E-state index contributed by atoms with van der Waals surface area (Å²) in [6.45, 7) is 5.08. The van der Waals surface area contributed by atoms with E-state index in [2.05, 4.69) is 17.6 Å². The molecule has 0 aliphatic rings. The van der Waals surface area contributed by atoms with Crippen molar-refractivity contribution in [2.75, 3.05) is 67.2 Å². The number of rotatable bonds is 18. The number of nitrogens with zero attached hydrogens (tertiary/aromatic N) is 1. The fraction of sp³-hybridized carbons (Fsp3) is 0.938. The molecule has 0 aliphatic heterocycles. The topological polar surface area (TPSA) is 122 Å². The Morgan fingerprint density at radius 2 is 1.43 bits per heavy atom. The third kappa shape index (κ3) is 12.5. The first-order valence-electron chi connectivity index (χ1n) is 9.63. The van der Waals surface area contributed by atoms with Crippen LogP contribution in [0.15, 0.2) is 0 Å². The zero-order chi connectivity index (χ0) is 21.5. The van der Waals surface area contributed by atoms with Crippen LogP contribution in [0.5, 0.6) is 0 Å². The van der Waals surface area contributed by atoms with Gasteiger partial charge in [0.15, 0.2) is 0 Å². The van der Waals surface area contributed by atoms with Gasteiger partial charge in [0.05, 0.1) is 0 Å². The fourth-order valence-corrected chi connectivity index (χ4v) is 5.24. The molecule has 0 aromatic carbocycles. The number of hydrogen-bond acceptors (Lipinski definition) is 9. The molecule has 0 bridgehead atoms. The van der Waals surface area contributed by atoms with E-state index in [4.69, 9.17) is 18.1 Å². The molecule has 12 heteroatoms. The predicted molar refractivity (Wildman–Crippen MR) is 116 cm³/mol. The first kappa shape index (κ1) is 28.0. The molecule has 0 rings (SSSR count). The molecule has 0 heterocycles. The van der Waals surface area contributed by atoms with Gasteiger partial charge in [0.1, 0.15) is 0 Å². The Morgan fingerprint density at radius 1 is 0.893 bits per heavy atom. The summed E-state index contributed by atoms with van der Waals surface area (Å²) in [4.78, 5) is 34.5. The molecule has 172 valence electrons. The van der Waals surface area contributed by atoms with Gasteiger partial charge in [0.2, 0.25) is 0 Å². The number of carbonyl (C=O) groups is 1. The standard InChI is InChI=1S/C16H41N3O7P2/c1-6-10-17-11-8-12-18-16(20)9-7-13-19(14-27(21,23-2)24-3)15-28(22,25-4)26-5/h17,21-22,27-28H,6-15H2,1-5H3,(H,18,20). The average Bonchev–Trinajstić information content (AvgIpc) is 2.70. The van der Waals surface area contributed by atoms with Gasteiger partial charge in [-0.3, -0.25) is 0 Å². The molecule has 0 saturated carbocycles. The second-order valence-electron chi connectivity index (χ2n) is 6.51. The van der Waals surface area contributed by atoms with Crippen LogP contribution < -0.4 is 10.6 Å². The molecule has 28 heavy (non-hydrogen) atoms. The van der Waals surface area contributed by atoms with Crippen molar-refractivity contribution in [3.63, 3.8) is 0 Å².